The molecule has 4 heteroatoms. The highest BCUT2D eigenvalue weighted by atomic mass is 19.1. The Morgan fingerprint density at radius 1 is 1.05 bits per heavy atom. The largest absolute Gasteiger partial charge is 0.298 e. The van der Waals surface area contributed by atoms with Crippen LogP contribution in [0.25, 0.3) is 11.3 Å². The molecule has 0 aliphatic carbocycles. The van der Waals surface area contributed by atoms with Gasteiger partial charge in [-0.05, 0) is 17.7 Å². The maximum absolute atomic E-state index is 12.9. The summed E-state index contributed by atoms with van der Waals surface area (Å²) >= 11 is 0. The van der Waals surface area contributed by atoms with Crippen molar-refractivity contribution < 1.29 is 9.18 Å². The van der Waals surface area contributed by atoms with Crippen molar-refractivity contribution in [2.24, 2.45) is 0 Å². The Morgan fingerprint density at radius 2 is 1.76 bits per heavy atom. The number of hydrogen-bond donors (Lipinski definition) is 0. The van der Waals surface area contributed by atoms with Crippen LogP contribution in [0.4, 0.5) is 4.39 Å². The molecule has 0 amide bonds. The van der Waals surface area contributed by atoms with Crippen molar-refractivity contribution in [3.63, 3.8) is 0 Å². The van der Waals surface area contributed by atoms with Crippen molar-refractivity contribution in [1.29, 1.82) is 0 Å². The number of benzene rings is 2. The van der Waals surface area contributed by atoms with Crippen LogP contribution in [0.3, 0.4) is 0 Å². The van der Waals surface area contributed by atoms with E-state index in [-0.39, 0.29) is 5.82 Å². The van der Waals surface area contributed by atoms with Gasteiger partial charge in [-0.1, -0.05) is 42.5 Å². The van der Waals surface area contributed by atoms with Crippen LogP contribution in [-0.2, 0) is 6.54 Å². The molecule has 0 spiro atoms. The van der Waals surface area contributed by atoms with Crippen LogP contribution in [0.5, 0.6) is 0 Å². The molecule has 0 bridgehead atoms. The van der Waals surface area contributed by atoms with Gasteiger partial charge in [0.1, 0.15) is 11.5 Å². The van der Waals surface area contributed by atoms with E-state index in [1.165, 1.54) is 12.1 Å². The van der Waals surface area contributed by atoms with Crippen LogP contribution in [-0.4, -0.2) is 16.1 Å². The number of carbonyl (C=O) groups excluding carboxylic acids is 1. The standard InChI is InChI=1S/C17H13FN2O/c18-16-8-6-13(7-9-16)10-20-11-15(12-21)17(19-20)14-4-2-1-3-5-14/h1-9,11-12H,10H2. The van der Waals surface area contributed by atoms with E-state index >= 15 is 0 Å². The smallest absolute Gasteiger partial charge is 0.153 e. The summed E-state index contributed by atoms with van der Waals surface area (Å²) in [5.41, 5.74) is 3.03. The number of hydrogen-bond acceptors (Lipinski definition) is 2. The van der Waals surface area contributed by atoms with Crippen LogP contribution in [0.1, 0.15) is 15.9 Å². The zero-order valence-corrected chi connectivity index (χ0v) is 11.2. The molecule has 0 unspecified atom stereocenters. The molecule has 0 radical (unpaired) electrons. The Labute approximate surface area is 121 Å². The van der Waals surface area contributed by atoms with Gasteiger partial charge in [0.15, 0.2) is 6.29 Å². The van der Waals surface area contributed by atoms with Crippen LogP contribution < -0.4 is 0 Å². The Bertz CT molecular complexity index is 748. The summed E-state index contributed by atoms with van der Waals surface area (Å²) in [4.78, 5) is 11.2. The molecule has 104 valence electrons. The molecule has 0 saturated carbocycles. The number of aldehydes is 1. The van der Waals surface area contributed by atoms with E-state index in [9.17, 15) is 9.18 Å². The van der Waals surface area contributed by atoms with Crippen molar-refractivity contribution in [3.8, 4) is 11.3 Å². The molecule has 0 atom stereocenters. The molecule has 0 saturated heterocycles. The molecule has 21 heavy (non-hydrogen) atoms. The van der Waals surface area contributed by atoms with Crippen LogP contribution in [0.2, 0.25) is 0 Å². The SMILES string of the molecule is O=Cc1cn(Cc2ccc(F)cc2)nc1-c1ccccc1. The van der Waals surface area contributed by atoms with Gasteiger partial charge in [0.2, 0.25) is 0 Å². The molecular formula is C17H13FN2O. The maximum Gasteiger partial charge on any atom is 0.153 e. The Hall–Kier alpha value is -2.75. The Balaban J connectivity index is 1.92. The summed E-state index contributed by atoms with van der Waals surface area (Å²) in [6.07, 6.45) is 2.51. The minimum absolute atomic E-state index is 0.266. The first-order valence-corrected chi connectivity index (χ1v) is 6.59. The van der Waals surface area contributed by atoms with Gasteiger partial charge in [-0.3, -0.25) is 9.48 Å². The molecule has 3 rings (SSSR count). The summed E-state index contributed by atoms with van der Waals surface area (Å²) in [5, 5.41) is 4.46. The fourth-order valence-corrected chi connectivity index (χ4v) is 2.20. The molecule has 0 N–H and O–H groups in total. The third-order valence-corrected chi connectivity index (χ3v) is 3.22. The molecule has 3 aromatic rings. The van der Waals surface area contributed by atoms with E-state index < -0.39 is 0 Å². The van der Waals surface area contributed by atoms with Gasteiger partial charge in [-0.15, -0.1) is 0 Å². The molecular weight excluding hydrogens is 267 g/mol. The fraction of sp³-hybridized carbons (Fsp3) is 0.0588. The van der Waals surface area contributed by atoms with Gasteiger partial charge < -0.3 is 0 Å². The fourth-order valence-electron chi connectivity index (χ4n) is 2.20. The first kappa shape index (κ1) is 13.2. The van der Waals surface area contributed by atoms with E-state index in [4.69, 9.17) is 0 Å². The highest BCUT2D eigenvalue weighted by Gasteiger charge is 2.10. The molecule has 0 fully saturated rings. The number of carbonyl (C=O) groups is 1. The summed E-state index contributed by atoms with van der Waals surface area (Å²) in [7, 11) is 0. The lowest BCUT2D eigenvalue weighted by molar-refractivity contribution is 0.112. The Morgan fingerprint density at radius 3 is 2.43 bits per heavy atom. The van der Waals surface area contributed by atoms with Crippen molar-refractivity contribution in [3.05, 3.63) is 77.7 Å². The summed E-state index contributed by atoms with van der Waals surface area (Å²) in [5.74, 6) is -0.266. The van der Waals surface area contributed by atoms with E-state index in [0.29, 0.717) is 17.8 Å². The number of aromatic nitrogens is 2. The minimum Gasteiger partial charge on any atom is -0.298 e. The third kappa shape index (κ3) is 2.89. The third-order valence-electron chi connectivity index (χ3n) is 3.22. The Kier molecular flexibility index (Phi) is 3.60. The second-order valence-electron chi connectivity index (χ2n) is 4.74. The van der Waals surface area contributed by atoms with Crippen molar-refractivity contribution in [2.45, 2.75) is 6.54 Å². The molecule has 1 heterocycles. The van der Waals surface area contributed by atoms with Gasteiger partial charge >= 0.3 is 0 Å². The average Bonchev–Trinajstić information content (AvgIpc) is 2.93. The normalized spacial score (nSPS) is 10.5. The topological polar surface area (TPSA) is 34.9 Å². The summed E-state index contributed by atoms with van der Waals surface area (Å²) in [6, 6.07) is 15.8. The first-order valence-electron chi connectivity index (χ1n) is 6.59. The lowest BCUT2D eigenvalue weighted by Crippen LogP contribution is -2.00. The monoisotopic (exact) mass is 280 g/mol. The highest BCUT2D eigenvalue weighted by Crippen LogP contribution is 2.20. The second kappa shape index (κ2) is 5.71. The van der Waals surface area contributed by atoms with Crippen LogP contribution in [0.15, 0.2) is 60.8 Å². The zero-order valence-electron chi connectivity index (χ0n) is 11.2. The predicted molar refractivity (Wildman–Crippen MR) is 78.6 cm³/mol. The molecule has 2 aromatic carbocycles. The molecule has 0 aliphatic rings. The second-order valence-corrected chi connectivity index (χ2v) is 4.74. The molecule has 3 nitrogen and oxygen atoms in total. The van der Waals surface area contributed by atoms with Crippen LogP contribution in [0, 0.1) is 5.82 Å². The van der Waals surface area contributed by atoms with Crippen molar-refractivity contribution in [2.75, 3.05) is 0 Å². The van der Waals surface area contributed by atoms with E-state index in [0.717, 1.165) is 17.4 Å². The molecule has 0 aliphatic heterocycles. The number of rotatable bonds is 4. The zero-order chi connectivity index (χ0) is 14.7. The first-order chi connectivity index (χ1) is 10.3. The minimum atomic E-state index is -0.266. The molecule has 1 aromatic heterocycles. The van der Waals surface area contributed by atoms with E-state index in [2.05, 4.69) is 5.10 Å². The predicted octanol–water partition coefficient (Wildman–Crippen LogP) is 3.55. The van der Waals surface area contributed by atoms with E-state index in [1.807, 2.05) is 30.3 Å². The van der Waals surface area contributed by atoms with Crippen molar-refractivity contribution in [1.82, 2.24) is 9.78 Å². The van der Waals surface area contributed by atoms with Crippen LogP contribution >= 0.6 is 0 Å². The van der Waals surface area contributed by atoms with Gasteiger partial charge in [0.05, 0.1) is 12.1 Å². The van der Waals surface area contributed by atoms with Gasteiger partial charge in [0, 0.05) is 11.8 Å². The van der Waals surface area contributed by atoms with Crippen molar-refractivity contribution >= 4 is 6.29 Å². The highest BCUT2D eigenvalue weighted by molar-refractivity contribution is 5.85. The summed E-state index contributed by atoms with van der Waals surface area (Å²) < 4.78 is 14.6. The van der Waals surface area contributed by atoms with Gasteiger partial charge in [-0.25, -0.2) is 4.39 Å². The maximum atomic E-state index is 12.9. The van der Waals surface area contributed by atoms with Gasteiger partial charge in [-0.2, -0.15) is 5.10 Å². The lowest BCUT2D eigenvalue weighted by atomic mass is 10.1. The van der Waals surface area contributed by atoms with E-state index in [1.54, 1.807) is 23.0 Å². The number of nitrogens with zero attached hydrogens (tertiary/aromatic N) is 2. The summed E-state index contributed by atoms with van der Waals surface area (Å²) in [6.45, 7) is 0.494. The lowest BCUT2D eigenvalue weighted by Gasteiger charge is -2.01. The number of halogens is 1. The quantitative estimate of drug-likeness (QED) is 0.685. The van der Waals surface area contributed by atoms with Gasteiger partial charge in [0.25, 0.3) is 0 Å². The average molecular weight is 280 g/mol.